The van der Waals surface area contributed by atoms with Crippen molar-refractivity contribution >= 4 is 17.5 Å². The number of fused-ring (bicyclic) bond motifs is 1. The molecule has 0 aliphatic carbocycles. The third-order valence-electron chi connectivity index (χ3n) is 4.89. The zero-order chi connectivity index (χ0) is 23.3. The van der Waals surface area contributed by atoms with Crippen LogP contribution in [-0.4, -0.2) is 73.3 Å². The van der Waals surface area contributed by atoms with Gasteiger partial charge >= 0.3 is 6.01 Å². The minimum atomic E-state index is -0.0965. The van der Waals surface area contributed by atoms with E-state index >= 15 is 0 Å². The van der Waals surface area contributed by atoms with Crippen LogP contribution in [0.3, 0.4) is 0 Å². The van der Waals surface area contributed by atoms with Gasteiger partial charge in [0.05, 0.1) is 26.2 Å². The van der Waals surface area contributed by atoms with Crippen molar-refractivity contribution in [1.82, 2.24) is 19.9 Å². The molecule has 0 atom stereocenters. The summed E-state index contributed by atoms with van der Waals surface area (Å²) in [6, 6.07) is 3.84. The number of hydrogen-bond donors (Lipinski definition) is 1. The molecule has 2 aromatic rings. The van der Waals surface area contributed by atoms with E-state index in [2.05, 4.69) is 33.7 Å². The number of nitrogens with zero attached hydrogens (tertiary/aromatic N) is 5. The van der Waals surface area contributed by atoms with E-state index in [1.807, 2.05) is 26.2 Å². The van der Waals surface area contributed by atoms with Gasteiger partial charge in [-0.2, -0.15) is 9.97 Å². The lowest BCUT2D eigenvalue weighted by Crippen LogP contribution is -2.33. The predicted molar refractivity (Wildman–Crippen MR) is 121 cm³/mol. The molecule has 1 amide bonds. The summed E-state index contributed by atoms with van der Waals surface area (Å²) in [4.78, 5) is 29.3. The van der Waals surface area contributed by atoms with Gasteiger partial charge in [-0.15, -0.1) is 0 Å². The monoisotopic (exact) mass is 444 g/mol. The maximum absolute atomic E-state index is 12.6. The Morgan fingerprint density at radius 2 is 1.97 bits per heavy atom. The van der Waals surface area contributed by atoms with Gasteiger partial charge in [0.15, 0.2) is 0 Å². The molecule has 3 rings (SSSR count). The van der Waals surface area contributed by atoms with Gasteiger partial charge in [0.25, 0.3) is 0 Å². The van der Waals surface area contributed by atoms with Gasteiger partial charge in [0.2, 0.25) is 11.8 Å². The van der Waals surface area contributed by atoms with Crippen LogP contribution in [0.4, 0.5) is 11.6 Å². The van der Waals surface area contributed by atoms with E-state index in [1.54, 1.807) is 18.2 Å². The number of amides is 1. The molecule has 0 radical (unpaired) electrons. The summed E-state index contributed by atoms with van der Waals surface area (Å²) in [7, 11) is 5.66. The van der Waals surface area contributed by atoms with Crippen LogP contribution in [0.5, 0.6) is 11.9 Å². The molecule has 174 valence electrons. The van der Waals surface area contributed by atoms with Gasteiger partial charge in [-0.1, -0.05) is 19.9 Å². The Hall–Kier alpha value is -2.98. The van der Waals surface area contributed by atoms with E-state index < -0.39 is 0 Å². The topological polar surface area (TPSA) is 116 Å². The molecule has 10 heteroatoms. The lowest BCUT2D eigenvalue weighted by Gasteiger charge is -2.27. The van der Waals surface area contributed by atoms with Crippen LogP contribution in [0.1, 0.15) is 25.0 Å². The van der Waals surface area contributed by atoms with E-state index in [0.717, 1.165) is 12.1 Å². The summed E-state index contributed by atoms with van der Waals surface area (Å²) in [6.45, 7) is 6.77. The fraction of sp³-hybridized carbons (Fsp3) is 0.545. The van der Waals surface area contributed by atoms with E-state index in [-0.39, 0.29) is 29.6 Å². The molecular weight excluding hydrogens is 412 g/mol. The minimum Gasteiger partial charge on any atom is -0.477 e. The first kappa shape index (κ1) is 23.7. The van der Waals surface area contributed by atoms with E-state index in [9.17, 15) is 4.79 Å². The number of carbonyl (C=O) groups excluding carboxylic acids is 1. The second kappa shape index (κ2) is 10.1. The zero-order valence-electron chi connectivity index (χ0n) is 19.4. The molecule has 0 unspecified atom stereocenters. The molecule has 1 aliphatic heterocycles. The highest BCUT2D eigenvalue weighted by Crippen LogP contribution is 2.33. The lowest BCUT2D eigenvalue weighted by atomic mass is 9.94. The SMILES string of the molecule is COCCOc1nc(N)c2c(n1)N(Cc1ccc(OCC(C)(C)CN(C)C)nc1)C(=O)C2. The molecule has 3 heterocycles. The van der Waals surface area contributed by atoms with Crippen molar-refractivity contribution in [2.75, 3.05) is 58.2 Å². The van der Waals surface area contributed by atoms with Gasteiger partial charge in [-0.05, 0) is 19.7 Å². The molecule has 1 aliphatic rings. The molecule has 32 heavy (non-hydrogen) atoms. The van der Waals surface area contributed by atoms with Crippen molar-refractivity contribution in [3.63, 3.8) is 0 Å². The first-order chi connectivity index (χ1) is 15.2. The van der Waals surface area contributed by atoms with Crippen molar-refractivity contribution in [2.45, 2.75) is 26.8 Å². The van der Waals surface area contributed by atoms with Crippen molar-refractivity contribution in [1.29, 1.82) is 0 Å². The smallest absolute Gasteiger partial charge is 0.320 e. The number of nitrogen functional groups attached to an aromatic ring is 1. The first-order valence-electron chi connectivity index (χ1n) is 10.5. The Kier molecular flexibility index (Phi) is 7.47. The van der Waals surface area contributed by atoms with Gasteiger partial charge in [-0.25, -0.2) is 4.98 Å². The Balaban J connectivity index is 1.67. The third-order valence-corrected chi connectivity index (χ3v) is 4.89. The fourth-order valence-electron chi connectivity index (χ4n) is 3.61. The molecule has 2 aromatic heterocycles. The maximum atomic E-state index is 12.6. The average molecular weight is 445 g/mol. The second-order valence-corrected chi connectivity index (χ2v) is 8.89. The van der Waals surface area contributed by atoms with Crippen LogP contribution in [0.25, 0.3) is 0 Å². The molecule has 0 saturated carbocycles. The Morgan fingerprint density at radius 1 is 1.19 bits per heavy atom. The number of nitrogens with two attached hydrogens (primary N) is 1. The molecule has 2 N–H and O–H groups in total. The van der Waals surface area contributed by atoms with E-state index in [1.165, 1.54) is 0 Å². The molecule has 0 fully saturated rings. The molecule has 10 nitrogen and oxygen atoms in total. The number of methoxy groups -OCH3 is 1. The molecule has 0 aromatic carbocycles. The first-order valence-corrected chi connectivity index (χ1v) is 10.5. The van der Waals surface area contributed by atoms with Crippen LogP contribution in [0.15, 0.2) is 18.3 Å². The molecule has 0 bridgehead atoms. The second-order valence-electron chi connectivity index (χ2n) is 8.89. The van der Waals surface area contributed by atoms with Crippen LogP contribution in [0.2, 0.25) is 0 Å². The normalized spacial score (nSPS) is 13.6. The molecule has 0 saturated heterocycles. The summed E-state index contributed by atoms with van der Waals surface area (Å²) in [5.41, 5.74) is 7.51. The largest absolute Gasteiger partial charge is 0.477 e. The standard InChI is InChI=1S/C22H32N6O4/c1-22(2,13-27(3)4)14-32-17-7-6-15(11-24-17)12-28-18(29)10-16-19(23)25-21(26-20(16)28)31-9-8-30-5/h6-7,11H,8-10,12-14H2,1-5H3,(H2,23,25,26). The van der Waals surface area contributed by atoms with Crippen LogP contribution in [-0.2, 0) is 22.5 Å². The van der Waals surface area contributed by atoms with Crippen LogP contribution >= 0.6 is 0 Å². The van der Waals surface area contributed by atoms with Crippen molar-refractivity contribution in [3.8, 4) is 11.9 Å². The number of hydrogen-bond acceptors (Lipinski definition) is 9. The molecular formula is C22H32N6O4. The van der Waals surface area contributed by atoms with Gasteiger partial charge < -0.3 is 24.8 Å². The highest BCUT2D eigenvalue weighted by molar-refractivity contribution is 6.01. The summed E-state index contributed by atoms with van der Waals surface area (Å²) in [5, 5.41) is 0. The maximum Gasteiger partial charge on any atom is 0.320 e. The summed E-state index contributed by atoms with van der Waals surface area (Å²) in [5.74, 6) is 1.18. The Labute approximate surface area is 188 Å². The van der Waals surface area contributed by atoms with Crippen molar-refractivity contribution in [3.05, 3.63) is 29.5 Å². The van der Waals surface area contributed by atoms with Crippen LogP contribution in [0, 0.1) is 5.41 Å². The third kappa shape index (κ3) is 6.04. The van der Waals surface area contributed by atoms with Gasteiger partial charge in [0, 0.05) is 36.9 Å². The summed E-state index contributed by atoms with van der Waals surface area (Å²) in [6.07, 6.45) is 1.87. The number of ether oxygens (including phenoxy) is 3. The highest BCUT2D eigenvalue weighted by Gasteiger charge is 2.32. The molecule has 0 spiro atoms. The predicted octanol–water partition coefficient (Wildman–Crippen LogP) is 1.53. The number of carbonyl (C=O) groups is 1. The summed E-state index contributed by atoms with van der Waals surface area (Å²) < 4.78 is 16.3. The fourth-order valence-corrected chi connectivity index (χ4v) is 3.61. The highest BCUT2D eigenvalue weighted by atomic mass is 16.5. The van der Waals surface area contributed by atoms with Crippen molar-refractivity contribution in [2.24, 2.45) is 5.41 Å². The van der Waals surface area contributed by atoms with E-state index in [4.69, 9.17) is 19.9 Å². The number of pyridine rings is 1. The number of rotatable bonds is 11. The Bertz CT molecular complexity index is 933. The van der Waals surface area contributed by atoms with Gasteiger partial charge in [0.1, 0.15) is 18.2 Å². The van der Waals surface area contributed by atoms with Gasteiger partial charge in [-0.3, -0.25) is 9.69 Å². The van der Waals surface area contributed by atoms with E-state index in [0.29, 0.717) is 43.6 Å². The van der Waals surface area contributed by atoms with Crippen molar-refractivity contribution < 1.29 is 19.0 Å². The quantitative estimate of drug-likeness (QED) is 0.515. The number of aromatic nitrogens is 3. The average Bonchev–Trinajstić information content (AvgIpc) is 3.03. The zero-order valence-corrected chi connectivity index (χ0v) is 19.4. The lowest BCUT2D eigenvalue weighted by molar-refractivity contribution is -0.117. The Morgan fingerprint density at radius 3 is 2.62 bits per heavy atom. The minimum absolute atomic E-state index is 0.00179. The van der Waals surface area contributed by atoms with Crippen LogP contribution < -0.4 is 20.1 Å². The number of anilines is 2. The summed E-state index contributed by atoms with van der Waals surface area (Å²) >= 11 is 0.